The zero-order valence-corrected chi connectivity index (χ0v) is 14.2. The van der Waals surface area contributed by atoms with Crippen LogP contribution in [0.2, 0.25) is 0 Å². The molecule has 0 saturated carbocycles. The van der Waals surface area contributed by atoms with E-state index < -0.39 is 15.6 Å². The lowest BCUT2D eigenvalue weighted by Crippen LogP contribution is -2.52. The van der Waals surface area contributed by atoms with Crippen molar-refractivity contribution in [1.82, 2.24) is 4.72 Å². The summed E-state index contributed by atoms with van der Waals surface area (Å²) in [6.45, 7) is 5.48. The van der Waals surface area contributed by atoms with Gasteiger partial charge in [0, 0.05) is 17.6 Å². The summed E-state index contributed by atoms with van der Waals surface area (Å²) >= 11 is 0. The maximum Gasteiger partial charge on any atom is 0.241 e. The summed E-state index contributed by atoms with van der Waals surface area (Å²) in [4.78, 5) is 11.3. The van der Waals surface area contributed by atoms with Crippen LogP contribution in [0.5, 0.6) is 0 Å². The summed E-state index contributed by atoms with van der Waals surface area (Å²) in [5, 5.41) is 0. The van der Waals surface area contributed by atoms with Crippen LogP contribution in [0.25, 0.3) is 0 Å². The predicted molar refractivity (Wildman–Crippen MR) is 86.4 cm³/mol. The minimum atomic E-state index is -3.64. The lowest BCUT2D eigenvalue weighted by molar-refractivity contribution is 0.101. The van der Waals surface area contributed by atoms with Crippen LogP contribution in [0.15, 0.2) is 29.2 Å². The average Bonchev–Trinajstić information content (AvgIpc) is 2.45. The number of ketones is 1. The van der Waals surface area contributed by atoms with Crippen LogP contribution >= 0.6 is 12.4 Å². The number of benzene rings is 1. The van der Waals surface area contributed by atoms with Crippen molar-refractivity contribution in [2.24, 2.45) is 5.73 Å². The molecule has 0 heterocycles. The maximum atomic E-state index is 12.4. The normalized spacial score (nSPS) is 11.8. The monoisotopic (exact) mass is 334 g/mol. The van der Waals surface area contributed by atoms with Crippen molar-refractivity contribution in [3.05, 3.63) is 29.8 Å². The number of nitrogens with one attached hydrogen (secondary N) is 1. The van der Waals surface area contributed by atoms with E-state index in [1.54, 1.807) is 0 Å². The van der Waals surface area contributed by atoms with Gasteiger partial charge in [0.05, 0.1) is 4.90 Å². The minimum absolute atomic E-state index is 0. The highest BCUT2D eigenvalue weighted by Gasteiger charge is 2.30. The fourth-order valence-corrected chi connectivity index (χ4v) is 3.49. The SMILES string of the molecule is CCC(CC)(CN)NS(=O)(=O)c1ccc(C(C)=O)cc1.Cl. The van der Waals surface area contributed by atoms with Crippen LogP contribution < -0.4 is 10.5 Å². The summed E-state index contributed by atoms with van der Waals surface area (Å²) < 4.78 is 27.4. The van der Waals surface area contributed by atoms with Crippen LogP contribution in [0.4, 0.5) is 0 Å². The zero-order chi connectivity index (χ0) is 15.4. The van der Waals surface area contributed by atoms with Gasteiger partial charge in [-0.3, -0.25) is 4.79 Å². The highest BCUT2D eigenvalue weighted by Crippen LogP contribution is 2.19. The molecule has 21 heavy (non-hydrogen) atoms. The van der Waals surface area contributed by atoms with Crippen molar-refractivity contribution < 1.29 is 13.2 Å². The quantitative estimate of drug-likeness (QED) is 0.747. The molecule has 0 aliphatic rings. The lowest BCUT2D eigenvalue weighted by Gasteiger charge is -2.31. The molecule has 5 nitrogen and oxygen atoms in total. The van der Waals surface area contributed by atoms with Gasteiger partial charge in [-0.05, 0) is 31.9 Å². The van der Waals surface area contributed by atoms with Crippen LogP contribution in [0.3, 0.4) is 0 Å². The fourth-order valence-electron chi connectivity index (χ4n) is 1.94. The molecule has 7 heteroatoms. The molecule has 0 bridgehead atoms. The first-order chi connectivity index (χ1) is 9.30. The number of hydrogen-bond acceptors (Lipinski definition) is 4. The molecule has 1 rings (SSSR count). The van der Waals surface area contributed by atoms with Gasteiger partial charge in [0.1, 0.15) is 0 Å². The Bertz CT molecular complexity index is 558. The topological polar surface area (TPSA) is 89.3 Å². The van der Waals surface area contributed by atoms with Crippen molar-refractivity contribution in [1.29, 1.82) is 0 Å². The van der Waals surface area contributed by atoms with Crippen LogP contribution in [0, 0.1) is 0 Å². The predicted octanol–water partition coefficient (Wildman–Crippen LogP) is 2.11. The standard InChI is InChI=1S/C14H22N2O3S.ClH/c1-4-14(5-2,10-15)16-20(18,19)13-8-6-12(7-9-13)11(3)17;/h6-9,16H,4-5,10,15H2,1-3H3;1H. The Labute approximate surface area is 132 Å². The molecular weight excluding hydrogens is 312 g/mol. The molecule has 0 radical (unpaired) electrons. The van der Waals surface area contributed by atoms with Gasteiger partial charge in [-0.25, -0.2) is 13.1 Å². The Morgan fingerprint density at radius 2 is 1.67 bits per heavy atom. The Morgan fingerprint density at radius 3 is 2.00 bits per heavy atom. The molecule has 0 aliphatic carbocycles. The van der Waals surface area contributed by atoms with Crippen molar-refractivity contribution in [2.45, 2.75) is 44.0 Å². The molecule has 0 saturated heterocycles. The number of Topliss-reactive ketones (excluding diaryl/α,β-unsaturated/α-hetero) is 1. The van der Waals surface area contributed by atoms with E-state index in [-0.39, 0.29) is 29.6 Å². The fraction of sp³-hybridized carbons (Fsp3) is 0.500. The number of hydrogen-bond donors (Lipinski definition) is 2. The number of halogens is 1. The second-order valence-corrected chi connectivity index (χ2v) is 6.56. The van der Waals surface area contributed by atoms with E-state index in [4.69, 9.17) is 5.73 Å². The van der Waals surface area contributed by atoms with Gasteiger partial charge in [0.2, 0.25) is 10.0 Å². The third kappa shape index (κ3) is 4.78. The van der Waals surface area contributed by atoms with E-state index in [0.29, 0.717) is 18.4 Å². The molecule has 0 fully saturated rings. The van der Waals surface area contributed by atoms with Gasteiger partial charge in [-0.1, -0.05) is 26.0 Å². The van der Waals surface area contributed by atoms with Gasteiger partial charge in [-0.2, -0.15) is 0 Å². The Kier molecular flexibility index (Phi) is 7.53. The molecule has 0 aromatic heterocycles. The van der Waals surface area contributed by atoms with Gasteiger partial charge in [-0.15, -0.1) is 12.4 Å². The first-order valence-corrected chi connectivity index (χ1v) is 8.13. The highest BCUT2D eigenvalue weighted by molar-refractivity contribution is 7.89. The molecule has 3 N–H and O–H groups in total. The minimum Gasteiger partial charge on any atom is -0.329 e. The third-order valence-corrected chi connectivity index (χ3v) is 5.26. The molecular formula is C14H23ClN2O3S. The average molecular weight is 335 g/mol. The number of nitrogens with two attached hydrogens (primary N) is 1. The molecule has 1 aromatic rings. The lowest BCUT2D eigenvalue weighted by atomic mass is 9.95. The second kappa shape index (κ2) is 7.89. The first kappa shape index (κ1) is 20.1. The van der Waals surface area contributed by atoms with Crippen molar-refractivity contribution in [3.8, 4) is 0 Å². The first-order valence-electron chi connectivity index (χ1n) is 6.65. The molecule has 120 valence electrons. The number of sulfonamides is 1. The maximum absolute atomic E-state index is 12.4. The largest absolute Gasteiger partial charge is 0.329 e. The van der Waals surface area contributed by atoms with E-state index in [9.17, 15) is 13.2 Å². The van der Waals surface area contributed by atoms with Crippen molar-refractivity contribution in [2.75, 3.05) is 6.54 Å². The van der Waals surface area contributed by atoms with Crippen LogP contribution in [-0.4, -0.2) is 26.3 Å². The third-order valence-electron chi connectivity index (χ3n) is 3.67. The molecule has 1 aromatic carbocycles. The van der Waals surface area contributed by atoms with Crippen LogP contribution in [-0.2, 0) is 10.0 Å². The Morgan fingerprint density at radius 1 is 1.19 bits per heavy atom. The van der Waals surface area contributed by atoms with Gasteiger partial charge in [0.15, 0.2) is 5.78 Å². The van der Waals surface area contributed by atoms with Crippen LogP contribution in [0.1, 0.15) is 44.0 Å². The molecule has 0 unspecified atom stereocenters. The summed E-state index contributed by atoms with van der Waals surface area (Å²) in [7, 11) is -3.64. The summed E-state index contributed by atoms with van der Waals surface area (Å²) in [5.74, 6) is -0.0969. The zero-order valence-electron chi connectivity index (χ0n) is 12.5. The highest BCUT2D eigenvalue weighted by atomic mass is 35.5. The molecule has 0 aliphatic heterocycles. The number of carbonyl (C=O) groups excluding carboxylic acids is 1. The molecule has 0 spiro atoms. The number of carbonyl (C=O) groups is 1. The van der Waals surface area contributed by atoms with Crippen molar-refractivity contribution in [3.63, 3.8) is 0 Å². The second-order valence-electron chi connectivity index (χ2n) is 4.88. The number of rotatable bonds is 7. The summed E-state index contributed by atoms with van der Waals surface area (Å²) in [6.07, 6.45) is 1.23. The van der Waals surface area contributed by atoms with E-state index in [0.717, 1.165) is 0 Å². The Balaban J connectivity index is 0.00000400. The van der Waals surface area contributed by atoms with Crippen molar-refractivity contribution >= 4 is 28.2 Å². The molecule has 0 atom stereocenters. The van der Waals surface area contributed by atoms with Gasteiger partial charge in [0.25, 0.3) is 0 Å². The van der Waals surface area contributed by atoms with E-state index in [2.05, 4.69) is 4.72 Å². The van der Waals surface area contributed by atoms with Gasteiger partial charge < -0.3 is 5.73 Å². The summed E-state index contributed by atoms with van der Waals surface area (Å²) in [5.41, 5.74) is 5.57. The van der Waals surface area contributed by atoms with E-state index in [1.807, 2.05) is 13.8 Å². The van der Waals surface area contributed by atoms with E-state index in [1.165, 1.54) is 31.2 Å². The molecule has 0 amide bonds. The Hall–Kier alpha value is -0.950. The summed E-state index contributed by atoms with van der Waals surface area (Å²) in [6, 6.07) is 5.90. The van der Waals surface area contributed by atoms with E-state index >= 15 is 0 Å². The smallest absolute Gasteiger partial charge is 0.241 e. The van der Waals surface area contributed by atoms with Gasteiger partial charge >= 0.3 is 0 Å².